The molecular weight excluding hydrogens is 286 g/mol. The number of nitrogens with zero attached hydrogens (tertiary/aromatic N) is 2. The number of aromatic nitrogens is 1. The molecule has 0 saturated heterocycles. The largest absolute Gasteiger partial charge is 0.320 e. The normalized spacial score (nSPS) is 16.0. The summed E-state index contributed by atoms with van der Waals surface area (Å²) in [5.41, 5.74) is 5.91. The Morgan fingerprint density at radius 3 is 2.71 bits per heavy atom. The van der Waals surface area contributed by atoms with Crippen molar-refractivity contribution in [3.8, 4) is 11.8 Å². The molecule has 2 N–H and O–H groups in total. The number of sulfonamides is 1. The van der Waals surface area contributed by atoms with Gasteiger partial charge >= 0.3 is 0 Å². The molecule has 0 aromatic carbocycles. The van der Waals surface area contributed by atoms with Crippen molar-refractivity contribution in [3.63, 3.8) is 0 Å². The van der Waals surface area contributed by atoms with Gasteiger partial charge in [-0.15, -0.1) is 0 Å². The van der Waals surface area contributed by atoms with Gasteiger partial charge < -0.3 is 5.73 Å². The van der Waals surface area contributed by atoms with Gasteiger partial charge in [-0.2, -0.15) is 4.31 Å². The molecule has 0 unspecified atom stereocenters. The predicted octanol–water partition coefficient (Wildman–Crippen LogP) is 1.35. The Kier molecular flexibility index (Phi) is 5.34. The Hall–Kier alpha value is -1.42. The first-order valence-corrected chi connectivity index (χ1v) is 8.69. The molecule has 0 aliphatic heterocycles. The van der Waals surface area contributed by atoms with Crippen molar-refractivity contribution in [2.75, 3.05) is 13.1 Å². The van der Waals surface area contributed by atoms with Crippen LogP contribution in [0.15, 0.2) is 23.4 Å². The highest BCUT2D eigenvalue weighted by Crippen LogP contribution is 2.28. The van der Waals surface area contributed by atoms with E-state index in [9.17, 15) is 8.42 Å². The lowest BCUT2D eigenvalue weighted by atomic mass is 10.2. The van der Waals surface area contributed by atoms with E-state index in [1.807, 2.05) is 6.92 Å². The zero-order valence-corrected chi connectivity index (χ0v) is 13.1. The van der Waals surface area contributed by atoms with Gasteiger partial charge in [0.05, 0.1) is 6.54 Å². The molecule has 0 bridgehead atoms. The maximum Gasteiger partial charge on any atom is 0.244 e. The summed E-state index contributed by atoms with van der Waals surface area (Å²) in [5.74, 6) is 5.53. The summed E-state index contributed by atoms with van der Waals surface area (Å²) in [4.78, 5) is 4.21. The Bertz CT molecular complexity index is 640. The molecule has 6 heteroatoms. The molecule has 1 aromatic rings. The van der Waals surface area contributed by atoms with Crippen LogP contribution in [-0.4, -0.2) is 36.8 Å². The molecule has 0 spiro atoms. The van der Waals surface area contributed by atoms with Crippen LogP contribution in [0.5, 0.6) is 0 Å². The van der Waals surface area contributed by atoms with Crippen molar-refractivity contribution < 1.29 is 8.42 Å². The molecule has 1 aliphatic carbocycles. The molecule has 1 aromatic heterocycles. The van der Waals surface area contributed by atoms with Crippen LogP contribution in [0.1, 0.15) is 38.2 Å². The molecule has 114 valence electrons. The van der Waals surface area contributed by atoms with Crippen LogP contribution in [0.3, 0.4) is 0 Å². The van der Waals surface area contributed by atoms with Crippen LogP contribution < -0.4 is 5.73 Å². The summed E-state index contributed by atoms with van der Waals surface area (Å²) in [5, 5.41) is 0. The number of pyridine rings is 1. The second kappa shape index (κ2) is 7.03. The fraction of sp³-hybridized carbons (Fsp3) is 0.533. The minimum atomic E-state index is -3.51. The SMILES string of the molecule is CCN(C1CCCC1)S(=O)(=O)c1cncc(C#CCN)c1. The van der Waals surface area contributed by atoms with Gasteiger partial charge in [0.15, 0.2) is 0 Å². The van der Waals surface area contributed by atoms with Crippen molar-refractivity contribution in [1.82, 2.24) is 9.29 Å². The predicted molar refractivity (Wildman–Crippen MR) is 82.0 cm³/mol. The third-order valence-corrected chi connectivity index (χ3v) is 5.69. The Morgan fingerprint density at radius 1 is 1.38 bits per heavy atom. The average Bonchev–Trinajstić information content (AvgIpc) is 3.00. The molecular formula is C15H21N3O2S. The molecule has 21 heavy (non-hydrogen) atoms. The summed E-state index contributed by atoms with van der Waals surface area (Å²) in [6.45, 7) is 2.59. The minimum Gasteiger partial charge on any atom is -0.320 e. The van der Waals surface area contributed by atoms with E-state index in [0.29, 0.717) is 12.1 Å². The summed E-state index contributed by atoms with van der Waals surface area (Å²) in [6.07, 6.45) is 7.00. The fourth-order valence-electron chi connectivity index (χ4n) is 2.73. The van der Waals surface area contributed by atoms with E-state index in [-0.39, 0.29) is 17.5 Å². The molecule has 1 fully saturated rings. The van der Waals surface area contributed by atoms with Gasteiger partial charge in [0.25, 0.3) is 0 Å². The van der Waals surface area contributed by atoms with Gasteiger partial charge in [-0.25, -0.2) is 8.42 Å². The van der Waals surface area contributed by atoms with Gasteiger partial charge in [-0.1, -0.05) is 31.6 Å². The van der Waals surface area contributed by atoms with Crippen LogP contribution >= 0.6 is 0 Å². The second-order valence-electron chi connectivity index (χ2n) is 5.06. The summed E-state index contributed by atoms with van der Waals surface area (Å²) < 4.78 is 27.2. The van der Waals surface area contributed by atoms with Crippen molar-refractivity contribution in [2.45, 2.75) is 43.5 Å². The smallest absolute Gasteiger partial charge is 0.244 e. The molecule has 0 amide bonds. The van der Waals surface area contributed by atoms with E-state index < -0.39 is 10.0 Å². The van der Waals surface area contributed by atoms with E-state index in [1.165, 1.54) is 6.20 Å². The third-order valence-electron chi connectivity index (χ3n) is 3.70. The van der Waals surface area contributed by atoms with Gasteiger partial charge in [-0.3, -0.25) is 4.98 Å². The zero-order chi connectivity index (χ0) is 15.3. The lowest BCUT2D eigenvalue weighted by molar-refractivity contribution is 0.335. The van der Waals surface area contributed by atoms with Gasteiger partial charge in [-0.05, 0) is 18.9 Å². The first-order valence-electron chi connectivity index (χ1n) is 7.25. The Morgan fingerprint density at radius 2 is 2.10 bits per heavy atom. The van der Waals surface area contributed by atoms with Crippen LogP contribution in [-0.2, 0) is 10.0 Å². The maximum absolute atomic E-state index is 12.8. The van der Waals surface area contributed by atoms with Gasteiger partial charge in [0.1, 0.15) is 4.90 Å². The highest BCUT2D eigenvalue weighted by Gasteiger charge is 2.32. The van der Waals surface area contributed by atoms with Crippen LogP contribution in [0.4, 0.5) is 0 Å². The minimum absolute atomic E-state index is 0.110. The molecule has 1 heterocycles. The monoisotopic (exact) mass is 307 g/mol. The Labute approximate surface area is 126 Å². The van der Waals surface area contributed by atoms with E-state index in [4.69, 9.17) is 5.73 Å². The number of nitrogens with two attached hydrogens (primary N) is 1. The number of rotatable bonds is 4. The summed E-state index contributed by atoms with van der Waals surface area (Å²) in [7, 11) is -3.51. The van der Waals surface area contributed by atoms with E-state index in [1.54, 1.807) is 16.6 Å². The molecule has 5 nitrogen and oxygen atoms in total. The quantitative estimate of drug-likeness (QED) is 0.852. The number of hydrogen-bond donors (Lipinski definition) is 1. The lowest BCUT2D eigenvalue weighted by Gasteiger charge is -2.26. The highest BCUT2D eigenvalue weighted by atomic mass is 32.2. The van der Waals surface area contributed by atoms with Crippen molar-refractivity contribution in [2.24, 2.45) is 5.73 Å². The van der Waals surface area contributed by atoms with Crippen molar-refractivity contribution >= 4 is 10.0 Å². The molecule has 0 atom stereocenters. The fourth-order valence-corrected chi connectivity index (χ4v) is 4.42. The highest BCUT2D eigenvalue weighted by molar-refractivity contribution is 7.89. The lowest BCUT2D eigenvalue weighted by Crippen LogP contribution is -2.38. The topological polar surface area (TPSA) is 76.3 Å². The molecule has 1 saturated carbocycles. The van der Waals surface area contributed by atoms with E-state index in [2.05, 4.69) is 16.8 Å². The maximum atomic E-state index is 12.8. The molecule has 0 radical (unpaired) electrons. The average molecular weight is 307 g/mol. The number of hydrogen-bond acceptors (Lipinski definition) is 4. The summed E-state index contributed by atoms with van der Waals surface area (Å²) in [6, 6.07) is 1.68. The van der Waals surface area contributed by atoms with Crippen molar-refractivity contribution in [1.29, 1.82) is 0 Å². The zero-order valence-electron chi connectivity index (χ0n) is 12.2. The van der Waals surface area contributed by atoms with Gasteiger partial charge in [0.2, 0.25) is 10.0 Å². The first-order chi connectivity index (χ1) is 10.1. The van der Waals surface area contributed by atoms with E-state index >= 15 is 0 Å². The second-order valence-corrected chi connectivity index (χ2v) is 6.95. The third kappa shape index (κ3) is 3.62. The van der Waals surface area contributed by atoms with Crippen LogP contribution in [0.25, 0.3) is 0 Å². The molecule has 2 rings (SSSR count). The summed E-state index contributed by atoms with van der Waals surface area (Å²) >= 11 is 0. The standard InChI is InChI=1S/C15H21N3O2S/c1-2-18(14-7-3-4-8-14)21(19,20)15-10-13(6-5-9-16)11-17-12-15/h10-12,14H,2-4,7-9,16H2,1H3. The molecule has 1 aliphatic rings. The van der Waals surface area contributed by atoms with Crippen LogP contribution in [0, 0.1) is 11.8 Å². The Balaban J connectivity index is 2.33. The van der Waals surface area contributed by atoms with E-state index in [0.717, 1.165) is 25.7 Å². The van der Waals surface area contributed by atoms with Crippen molar-refractivity contribution in [3.05, 3.63) is 24.0 Å². The van der Waals surface area contributed by atoms with Crippen LogP contribution in [0.2, 0.25) is 0 Å². The van der Waals surface area contributed by atoms with Gasteiger partial charge in [0, 0.05) is 30.5 Å². The first kappa shape index (κ1) is 16.0.